The lowest BCUT2D eigenvalue weighted by molar-refractivity contribution is -0.136. The molecule has 0 radical (unpaired) electrons. The van der Waals surface area contributed by atoms with Crippen molar-refractivity contribution in [1.29, 1.82) is 0 Å². The Balaban J connectivity index is 2.35. The van der Waals surface area contributed by atoms with Crippen molar-refractivity contribution in [3.05, 3.63) is 23.3 Å². The smallest absolute Gasteiger partial charge is 0.311 e. The summed E-state index contributed by atoms with van der Waals surface area (Å²) in [5.41, 5.74) is 0. The van der Waals surface area contributed by atoms with E-state index in [2.05, 4.69) is 15.5 Å². The number of aliphatic carboxylic acids is 1. The molecule has 0 unspecified atom stereocenters. The Morgan fingerprint density at radius 1 is 1.64 bits per heavy atom. The van der Waals surface area contributed by atoms with Crippen LogP contribution in [0.2, 0.25) is 0 Å². The summed E-state index contributed by atoms with van der Waals surface area (Å²) >= 11 is 1.45. The quantitative estimate of drug-likeness (QED) is 0.790. The van der Waals surface area contributed by atoms with Gasteiger partial charge in [0, 0.05) is 0 Å². The van der Waals surface area contributed by atoms with Crippen LogP contribution in [0.15, 0.2) is 17.5 Å². The highest BCUT2D eigenvalue weighted by molar-refractivity contribution is 7.12. The molecule has 6 nitrogen and oxygen atoms in total. The van der Waals surface area contributed by atoms with Crippen LogP contribution in [0.5, 0.6) is 0 Å². The van der Waals surface area contributed by atoms with Gasteiger partial charge in [-0.25, -0.2) is 0 Å². The van der Waals surface area contributed by atoms with Gasteiger partial charge in [-0.05, 0) is 27.9 Å². The number of carboxylic acid groups (broad SMARTS) is 1. The first kappa shape index (κ1) is 8.82. The monoisotopic (exact) mass is 210 g/mol. The van der Waals surface area contributed by atoms with E-state index in [-0.39, 0.29) is 6.42 Å². The van der Waals surface area contributed by atoms with E-state index < -0.39 is 5.97 Å². The van der Waals surface area contributed by atoms with Crippen LogP contribution in [0, 0.1) is 0 Å². The fourth-order valence-corrected chi connectivity index (χ4v) is 1.71. The number of carbonyl (C=O) groups is 1. The molecular formula is C7H6N4O2S. The average Bonchev–Trinajstić information content (AvgIpc) is 2.70. The predicted molar refractivity (Wildman–Crippen MR) is 48.4 cm³/mol. The van der Waals surface area contributed by atoms with E-state index in [9.17, 15) is 4.79 Å². The van der Waals surface area contributed by atoms with E-state index in [0.717, 1.165) is 5.00 Å². The Bertz CT molecular complexity index is 436. The van der Waals surface area contributed by atoms with Gasteiger partial charge in [-0.2, -0.15) is 4.68 Å². The van der Waals surface area contributed by atoms with Gasteiger partial charge in [-0.3, -0.25) is 4.79 Å². The number of aromatic nitrogens is 4. The predicted octanol–water partition coefficient (Wildman–Crippen LogP) is 0.351. The largest absolute Gasteiger partial charge is 0.481 e. The lowest BCUT2D eigenvalue weighted by Gasteiger charge is -1.97. The lowest BCUT2D eigenvalue weighted by Crippen LogP contribution is -2.07. The van der Waals surface area contributed by atoms with E-state index in [1.54, 1.807) is 0 Å². The maximum Gasteiger partial charge on any atom is 0.311 e. The molecule has 0 aliphatic carbocycles. The van der Waals surface area contributed by atoms with Crippen molar-refractivity contribution >= 4 is 17.3 Å². The number of nitrogens with zero attached hydrogens (tertiary/aromatic N) is 4. The van der Waals surface area contributed by atoms with Crippen LogP contribution in [0.4, 0.5) is 0 Å². The third kappa shape index (κ3) is 1.62. The van der Waals surface area contributed by atoms with Gasteiger partial charge in [-0.15, -0.1) is 16.4 Å². The van der Waals surface area contributed by atoms with Crippen LogP contribution in [-0.2, 0) is 11.2 Å². The molecule has 2 aromatic rings. The highest BCUT2D eigenvalue weighted by atomic mass is 32.1. The lowest BCUT2D eigenvalue weighted by atomic mass is 10.4. The minimum Gasteiger partial charge on any atom is -0.481 e. The SMILES string of the molecule is O=C(O)Cc1nnnn1-c1cccs1. The van der Waals surface area contributed by atoms with Gasteiger partial charge in [-0.1, -0.05) is 0 Å². The van der Waals surface area contributed by atoms with Crippen LogP contribution in [0.3, 0.4) is 0 Å². The highest BCUT2D eigenvalue weighted by Gasteiger charge is 2.11. The molecule has 0 atom stereocenters. The summed E-state index contributed by atoms with van der Waals surface area (Å²) in [4.78, 5) is 10.5. The second-order valence-electron chi connectivity index (χ2n) is 2.53. The maximum atomic E-state index is 10.5. The Hall–Kier alpha value is -1.76. The summed E-state index contributed by atoms with van der Waals surface area (Å²) in [5.74, 6) is -0.613. The molecule has 7 heteroatoms. The van der Waals surface area contributed by atoms with Gasteiger partial charge in [0.15, 0.2) is 5.82 Å². The summed E-state index contributed by atoms with van der Waals surface area (Å²) < 4.78 is 1.43. The molecule has 14 heavy (non-hydrogen) atoms. The first-order chi connectivity index (χ1) is 6.77. The molecule has 0 saturated heterocycles. The minimum atomic E-state index is -0.947. The molecule has 0 spiro atoms. The third-order valence-corrected chi connectivity index (χ3v) is 2.40. The van der Waals surface area contributed by atoms with Crippen molar-refractivity contribution in [3.63, 3.8) is 0 Å². The summed E-state index contributed by atoms with van der Waals surface area (Å²) in [5, 5.41) is 22.1. The van der Waals surface area contributed by atoms with Crippen LogP contribution >= 0.6 is 11.3 Å². The maximum absolute atomic E-state index is 10.5. The van der Waals surface area contributed by atoms with Crippen molar-refractivity contribution < 1.29 is 9.90 Å². The van der Waals surface area contributed by atoms with E-state index in [1.165, 1.54) is 16.0 Å². The molecule has 0 saturated carbocycles. The van der Waals surface area contributed by atoms with Crippen LogP contribution < -0.4 is 0 Å². The molecule has 0 aromatic carbocycles. The molecule has 0 bridgehead atoms. The molecule has 0 fully saturated rings. The number of hydrogen-bond donors (Lipinski definition) is 1. The zero-order valence-corrected chi connectivity index (χ0v) is 7.81. The third-order valence-electron chi connectivity index (χ3n) is 1.56. The van der Waals surface area contributed by atoms with Crippen molar-refractivity contribution in [2.45, 2.75) is 6.42 Å². The van der Waals surface area contributed by atoms with E-state index in [0.29, 0.717) is 5.82 Å². The molecule has 0 aliphatic rings. The molecule has 1 N–H and O–H groups in total. The Labute approximate surface area is 82.8 Å². The van der Waals surface area contributed by atoms with Crippen molar-refractivity contribution in [2.24, 2.45) is 0 Å². The van der Waals surface area contributed by atoms with Crippen molar-refractivity contribution in [1.82, 2.24) is 20.2 Å². The van der Waals surface area contributed by atoms with Gasteiger partial charge in [0.2, 0.25) is 0 Å². The molecule has 72 valence electrons. The Kier molecular flexibility index (Phi) is 2.23. The summed E-state index contributed by atoms with van der Waals surface area (Å²) in [6, 6.07) is 3.68. The van der Waals surface area contributed by atoms with Crippen molar-refractivity contribution in [3.8, 4) is 5.00 Å². The minimum absolute atomic E-state index is 0.176. The fraction of sp³-hybridized carbons (Fsp3) is 0.143. The molecular weight excluding hydrogens is 204 g/mol. The molecule has 2 aromatic heterocycles. The van der Waals surface area contributed by atoms with E-state index >= 15 is 0 Å². The molecule has 2 heterocycles. The van der Waals surface area contributed by atoms with Gasteiger partial charge < -0.3 is 5.11 Å². The van der Waals surface area contributed by atoms with Gasteiger partial charge in [0.1, 0.15) is 11.4 Å². The van der Waals surface area contributed by atoms with Gasteiger partial charge in [0.25, 0.3) is 0 Å². The summed E-state index contributed by atoms with van der Waals surface area (Å²) in [6.45, 7) is 0. The molecule has 0 amide bonds. The molecule has 0 aliphatic heterocycles. The second-order valence-corrected chi connectivity index (χ2v) is 3.45. The standard InChI is InChI=1S/C7H6N4O2S/c12-7(13)4-5-8-9-10-11(5)6-2-1-3-14-6/h1-3H,4H2,(H,12,13). The zero-order valence-electron chi connectivity index (χ0n) is 6.99. The first-order valence-corrected chi connectivity index (χ1v) is 4.68. The van der Waals surface area contributed by atoms with Crippen LogP contribution in [0.25, 0.3) is 5.00 Å². The van der Waals surface area contributed by atoms with Crippen molar-refractivity contribution in [2.75, 3.05) is 0 Å². The number of rotatable bonds is 3. The second kappa shape index (κ2) is 3.54. The number of thiophene rings is 1. The average molecular weight is 210 g/mol. The Morgan fingerprint density at radius 3 is 3.14 bits per heavy atom. The van der Waals surface area contributed by atoms with Gasteiger partial charge in [0.05, 0.1) is 0 Å². The van der Waals surface area contributed by atoms with Crippen LogP contribution in [0.1, 0.15) is 5.82 Å². The number of carboxylic acids is 1. The summed E-state index contributed by atoms with van der Waals surface area (Å²) in [7, 11) is 0. The highest BCUT2D eigenvalue weighted by Crippen LogP contribution is 2.14. The number of hydrogen-bond acceptors (Lipinski definition) is 5. The normalized spacial score (nSPS) is 10.3. The van der Waals surface area contributed by atoms with Gasteiger partial charge >= 0.3 is 5.97 Å². The van der Waals surface area contributed by atoms with E-state index in [4.69, 9.17) is 5.11 Å². The van der Waals surface area contributed by atoms with Crippen LogP contribution in [-0.4, -0.2) is 31.3 Å². The number of tetrazole rings is 1. The van der Waals surface area contributed by atoms with E-state index in [1.807, 2.05) is 17.5 Å². The zero-order chi connectivity index (χ0) is 9.97. The molecule has 2 rings (SSSR count). The Morgan fingerprint density at radius 2 is 2.50 bits per heavy atom. The first-order valence-electron chi connectivity index (χ1n) is 3.80. The fourth-order valence-electron chi connectivity index (χ4n) is 1.01. The summed E-state index contributed by atoms with van der Waals surface area (Å²) in [6.07, 6.45) is -0.176. The topological polar surface area (TPSA) is 80.9 Å².